The van der Waals surface area contributed by atoms with Gasteiger partial charge in [-0.1, -0.05) is 0 Å². The van der Waals surface area contributed by atoms with Crippen molar-refractivity contribution >= 4 is 29.9 Å². The summed E-state index contributed by atoms with van der Waals surface area (Å²) in [6, 6.07) is 8.56. The molecule has 1 aromatic carbocycles. The Hall–Kier alpha value is -1.63. The molecule has 1 aromatic rings. The van der Waals surface area contributed by atoms with Gasteiger partial charge in [-0.05, 0) is 68.7 Å². The number of nitrogens with one attached hydrogen (secondary N) is 3. The zero-order valence-electron chi connectivity index (χ0n) is 16.1. The molecule has 0 aromatic heterocycles. The van der Waals surface area contributed by atoms with Crippen molar-refractivity contribution < 1.29 is 14.3 Å². The number of carbonyl (C=O) groups is 2. The molecule has 0 aliphatic carbocycles. The molecule has 4 rings (SSSR count). The zero-order valence-corrected chi connectivity index (χ0v) is 16.9. The minimum atomic E-state index is -0.0649. The van der Waals surface area contributed by atoms with Crippen LogP contribution in [0.3, 0.4) is 0 Å². The molecular weight excluding hydrogens is 378 g/mol. The first-order valence-corrected chi connectivity index (χ1v) is 10.2. The standard InChI is InChI=1S/C21H29N3O3.ClH/c25-20(13-14-11-18-5-6-19(12-14)22-18)23-16-3-1-15(2-4-16)21(26)24-17-7-9-27-10-8-17;/h1-4,14,17-19,22H,5-13H2,(H,23,25)(H,24,26);1H. The van der Waals surface area contributed by atoms with E-state index in [9.17, 15) is 9.59 Å². The molecule has 2 amide bonds. The van der Waals surface area contributed by atoms with E-state index in [0.29, 0.717) is 43.2 Å². The van der Waals surface area contributed by atoms with Gasteiger partial charge in [-0.3, -0.25) is 9.59 Å². The lowest BCUT2D eigenvalue weighted by atomic mass is 9.89. The molecule has 3 aliphatic heterocycles. The molecule has 0 spiro atoms. The Labute approximate surface area is 172 Å². The van der Waals surface area contributed by atoms with Crippen LogP contribution in [0, 0.1) is 5.92 Å². The molecule has 0 saturated carbocycles. The lowest BCUT2D eigenvalue weighted by Crippen LogP contribution is -2.39. The highest BCUT2D eigenvalue weighted by Gasteiger charge is 2.34. The Bertz CT molecular complexity index is 664. The van der Waals surface area contributed by atoms with E-state index in [1.165, 1.54) is 12.8 Å². The van der Waals surface area contributed by atoms with E-state index in [1.54, 1.807) is 12.1 Å². The van der Waals surface area contributed by atoms with Gasteiger partial charge in [-0.15, -0.1) is 12.4 Å². The van der Waals surface area contributed by atoms with Gasteiger partial charge in [0.15, 0.2) is 0 Å². The highest BCUT2D eigenvalue weighted by Crippen LogP contribution is 2.32. The summed E-state index contributed by atoms with van der Waals surface area (Å²) in [6.45, 7) is 1.41. The Morgan fingerprint density at radius 2 is 1.64 bits per heavy atom. The smallest absolute Gasteiger partial charge is 0.251 e. The molecule has 3 fully saturated rings. The Balaban J connectivity index is 0.00000225. The number of rotatable bonds is 5. The number of carbonyl (C=O) groups excluding carboxylic acids is 2. The van der Waals surface area contributed by atoms with E-state index in [2.05, 4.69) is 16.0 Å². The van der Waals surface area contributed by atoms with Crippen LogP contribution in [0.15, 0.2) is 24.3 Å². The van der Waals surface area contributed by atoms with E-state index in [1.807, 2.05) is 12.1 Å². The van der Waals surface area contributed by atoms with Gasteiger partial charge < -0.3 is 20.7 Å². The first kappa shape index (κ1) is 21.1. The number of benzene rings is 1. The van der Waals surface area contributed by atoms with Gasteiger partial charge in [0.05, 0.1) is 0 Å². The third-order valence-corrected chi connectivity index (χ3v) is 6.03. The van der Waals surface area contributed by atoms with Crippen molar-refractivity contribution in [3.05, 3.63) is 29.8 Å². The van der Waals surface area contributed by atoms with Crippen LogP contribution in [-0.2, 0) is 9.53 Å². The average Bonchev–Trinajstić information content (AvgIpc) is 3.01. The molecule has 2 atom stereocenters. The number of amides is 2. The maximum absolute atomic E-state index is 12.4. The van der Waals surface area contributed by atoms with E-state index in [0.717, 1.165) is 31.4 Å². The maximum Gasteiger partial charge on any atom is 0.251 e. The molecule has 3 heterocycles. The summed E-state index contributed by atoms with van der Waals surface area (Å²) >= 11 is 0. The lowest BCUT2D eigenvalue weighted by Gasteiger charge is -2.28. The highest BCUT2D eigenvalue weighted by atomic mass is 35.5. The number of anilines is 1. The monoisotopic (exact) mass is 407 g/mol. The zero-order chi connectivity index (χ0) is 18.6. The van der Waals surface area contributed by atoms with Crippen LogP contribution < -0.4 is 16.0 Å². The van der Waals surface area contributed by atoms with Crippen LogP contribution in [-0.4, -0.2) is 43.2 Å². The van der Waals surface area contributed by atoms with Crippen LogP contribution in [0.2, 0.25) is 0 Å². The number of fused-ring (bicyclic) bond motifs is 2. The summed E-state index contributed by atoms with van der Waals surface area (Å²) in [5.74, 6) is 0.485. The minimum Gasteiger partial charge on any atom is -0.381 e. The van der Waals surface area contributed by atoms with Crippen molar-refractivity contribution in [2.24, 2.45) is 5.92 Å². The SMILES string of the molecule is Cl.O=C(CC1CC2CCC(C1)N2)Nc1ccc(C(=O)NC2CCOCC2)cc1. The van der Waals surface area contributed by atoms with E-state index < -0.39 is 0 Å². The maximum atomic E-state index is 12.4. The third-order valence-electron chi connectivity index (χ3n) is 6.03. The summed E-state index contributed by atoms with van der Waals surface area (Å²) in [5, 5.41) is 9.64. The van der Waals surface area contributed by atoms with Gasteiger partial charge in [0.25, 0.3) is 5.91 Å². The average molecular weight is 408 g/mol. The van der Waals surface area contributed by atoms with Crippen molar-refractivity contribution in [3.63, 3.8) is 0 Å². The van der Waals surface area contributed by atoms with Gasteiger partial charge in [0.1, 0.15) is 0 Å². The molecule has 3 saturated heterocycles. The molecule has 2 unspecified atom stereocenters. The molecule has 0 radical (unpaired) electrons. The summed E-state index contributed by atoms with van der Waals surface area (Å²) in [7, 11) is 0. The van der Waals surface area contributed by atoms with Crippen LogP contribution >= 0.6 is 12.4 Å². The van der Waals surface area contributed by atoms with Crippen LogP contribution in [0.1, 0.15) is 55.3 Å². The molecule has 3 aliphatic rings. The predicted octanol–water partition coefficient (Wildman–Crippen LogP) is 2.88. The number of hydrogen-bond donors (Lipinski definition) is 3. The Kier molecular flexibility index (Phi) is 7.32. The number of hydrogen-bond acceptors (Lipinski definition) is 4. The minimum absolute atomic E-state index is 0. The largest absolute Gasteiger partial charge is 0.381 e. The van der Waals surface area contributed by atoms with Gasteiger partial charge in [0.2, 0.25) is 5.91 Å². The lowest BCUT2D eigenvalue weighted by molar-refractivity contribution is -0.117. The number of halogens is 1. The first-order valence-electron chi connectivity index (χ1n) is 10.2. The highest BCUT2D eigenvalue weighted by molar-refractivity contribution is 5.96. The Morgan fingerprint density at radius 3 is 2.29 bits per heavy atom. The van der Waals surface area contributed by atoms with Crippen molar-refractivity contribution in [2.45, 2.75) is 63.1 Å². The Morgan fingerprint density at radius 1 is 1.00 bits per heavy atom. The van der Waals surface area contributed by atoms with Crippen molar-refractivity contribution in [3.8, 4) is 0 Å². The fraction of sp³-hybridized carbons (Fsp3) is 0.619. The van der Waals surface area contributed by atoms with Crippen LogP contribution in [0.5, 0.6) is 0 Å². The summed E-state index contributed by atoms with van der Waals surface area (Å²) in [4.78, 5) is 24.7. The number of ether oxygens (including phenoxy) is 1. The second kappa shape index (κ2) is 9.72. The third kappa shape index (κ3) is 5.46. The van der Waals surface area contributed by atoms with Gasteiger partial charge in [-0.25, -0.2) is 0 Å². The van der Waals surface area contributed by atoms with Gasteiger partial charge in [0, 0.05) is 49.0 Å². The quantitative estimate of drug-likeness (QED) is 0.701. The first-order chi connectivity index (χ1) is 13.2. The molecule has 154 valence electrons. The van der Waals surface area contributed by atoms with Crippen molar-refractivity contribution in [1.82, 2.24) is 10.6 Å². The second-order valence-corrected chi connectivity index (χ2v) is 8.17. The predicted molar refractivity (Wildman–Crippen MR) is 111 cm³/mol. The molecule has 2 bridgehead atoms. The summed E-state index contributed by atoms with van der Waals surface area (Å²) in [5.41, 5.74) is 1.37. The summed E-state index contributed by atoms with van der Waals surface area (Å²) < 4.78 is 5.31. The molecule has 28 heavy (non-hydrogen) atoms. The van der Waals surface area contributed by atoms with E-state index >= 15 is 0 Å². The number of piperidine rings is 1. The van der Waals surface area contributed by atoms with Crippen LogP contribution in [0.25, 0.3) is 0 Å². The topological polar surface area (TPSA) is 79.5 Å². The molecule has 6 nitrogen and oxygen atoms in total. The second-order valence-electron chi connectivity index (χ2n) is 8.17. The van der Waals surface area contributed by atoms with Gasteiger partial charge >= 0.3 is 0 Å². The molecule has 3 N–H and O–H groups in total. The van der Waals surface area contributed by atoms with Crippen molar-refractivity contribution in [2.75, 3.05) is 18.5 Å². The van der Waals surface area contributed by atoms with Crippen LogP contribution in [0.4, 0.5) is 5.69 Å². The fourth-order valence-corrected chi connectivity index (χ4v) is 4.63. The van der Waals surface area contributed by atoms with E-state index in [-0.39, 0.29) is 30.3 Å². The normalized spacial score (nSPS) is 26.9. The van der Waals surface area contributed by atoms with Gasteiger partial charge in [-0.2, -0.15) is 0 Å². The van der Waals surface area contributed by atoms with E-state index in [4.69, 9.17) is 4.74 Å². The van der Waals surface area contributed by atoms with Crippen molar-refractivity contribution in [1.29, 1.82) is 0 Å². The molecule has 7 heteroatoms. The molecular formula is C21H30ClN3O3. The summed E-state index contributed by atoms with van der Waals surface area (Å²) in [6.07, 6.45) is 7.02. The fourth-order valence-electron chi connectivity index (χ4n) is 4.63.